The van der Waals surface area contributed by atoms with E-state index >= 15 is 0 Å². The maximum Gasteiger partial charge on any atom is 0.162 e. The summed E-state index contributed by atoms with van der Waals surface area (Å²) in [5.74, 6) is 0.788. The number of aromatic hydroxyl groups is 1. The third-order valence-corrected chi connectivity index (χ3v) is 4.81. The van der Waals surface area contributed by atoms with Crippen molar-refractivity contribution in [2.75, 3.05) is 6.54 Å². The van der Waals surface area contributed by atoms with Gasteiger partial charge in [0.2, 0.25) is 0 Å². The van der Waals surface area contributed by atoms with E-state index in [9.17, 15) is 10.2 Å². The summed E-state index contributed by atoms with van der Waals surface area (Å²) in [5, 5.41) is 19.9. The Hall–Kier alpha value is -2.97. The van der Waals surface area contributed by atoms with Crippen molar-refractivity contribution in [2.45, 2.75) is 33.0 Å². The van der Waals surface area contributed by atoms with E-state index in [1.165, 1.54) is 6.33 Å². The molecule has 0 unspecified atom stereocenters. The highest BCUT2D eigenvalue weighted by Crippen LogP contribution is 2.28. The Kier molecular flexibility index (Phi) is 4.74. The summed E-state index contributed by atoms with van der Waals surface area (Å²) < 4.78 is 0. The second-order valence-electron chi connectivity index (χ2n) is 6.61. The van der Waals surface area contributed by atoms with E-state index in [1.807, 2.05) is 6.20 Å². The van der Waals surface area contributed by atoms with E-state index in [-0.39, 0.29) is 12.4 Å². The van der Waals surface area contributed by atoms with Crippen LogP contribution in [0.15, 0.2) is 31.1 Å². The first-order valence-electron chi connectivity index (χ1n) is 8.75. The normalized spacial score (nSPS) is 14.1. The van der Waals surface area contributed by atoms with Crippen LogP contribution in [0.1, 0.15) is 28.1 Å². The Balaban J connectivity index is 1.55. The lowest BCUT2D eigenvalue weighted by atomic mass is 10.0. The quantitative estimate of drug-likeness (QED) is 0.715. The van der Waals surface area contributed by atoms with Gasteiger partial charge in [-0.25, -0.2) is 19.9 Å². The van der Waals surface area contributed by atoms with Crippen LogP contribution in [-0.2, 0) is 26.1 Å². The van der Waals surface area contributed by atoms with E-state index in [0.29, 0.717) is 30.2 Å². The lowest BCUT2D eigenvalue weighted by Gasteiger charge is -2.29. The molecule has 0 saturated carbocycles. The number of rotatable bonds is 4. The van der Waals surface area contributed by atoms with Gasteiger partial charge in [0.1, 0.15) is 12.1 Å². The van der Waals surface area contributed by atoms with Gasteiger partial charge in [-0.1, -0.05) is 0 Å². The predicted molar refractivity (Wildman–Crippen MR) is 97.4 cm³/mol. The average molecular weight is 364 g/mol. The molecule has 0 fully saturated rings. The van der Waals surface area contributed by atoms with Crippen LogP contribution in [0, 0.1) is 6.92 Å². The fourth-order valence-corrected chi connectivity index (χ4v) is 3.28. The second-order valence-corrected chi connectivity index (χ2v) is 6.61. The van der Waals surface area contributed by atoms with Gasteiger partial charge in [-0.05, 0) is 6.92 Å². The molecule has 1 aliphatic rings. The van der Waals surface area contributed by atoms with E-state index in [0.717, 1.165) is 35.3 Å². The first kappa shape index (κ1) is 17.4. The number of hydrogen-bond donors (Lipinski definition) is 2. The zero-order valence-corrected chi connectivity index (χ0v) is 15.0. The number of aliphatic hydroxyl groups is 1. The molecule has 8 heteroatoms. The third-order valence-electron chi connectivity index (χ3n) is 4.81. The fraction of sp³-hybridized carbons (Fsp3) is 0.316. The average Bonchev–Trinajstić information content (AvgIpc) is 2.72. The molecule has 3 aromatic rings. The smallest absolute Gasteiger partial charge is 0.162 e. The van der Waals surface area contributed by atoms with E-state index < -0.39 is 0 Å². The minimum atomic E-state index is -0.147. The van der Waals surface area contributed by atoms with Crippen LogP contribution in [0.3, 0.4) is 0 Å². The van der Waals surface area contributed by atoms with Gasteiger partial charge in [-0.15, -0.1) is 0 Å². The highest BCUT2D eigenvalue weighted by molar-refractivity contribution is 5.52. The molecule has 138 valence electrons. The number of fused-ring (bicyclic) bond motifs is 1. The summed E-state index contributed by atoms with van der Waals surface area (Å²) in [6.07, 6.45) is 9.15. The van der Waals surface area contributed by atoms with Gasteiger partial charge in [-0.3, -0.25) is 9.88 Å². The van der Waals surface area contributed by atoms with Crippen molar-refractivity contribution in [3.63, 3.8) is 0 Å². The monoisotopic (exact) mass is 364 g/mol. The minimum absolute atomic E-state index is 0.147. The molecular weight excluding hydrogens is 344 g/mol. The molecule has 0 spiro atoms. The van der Waals surface area contributed by atoms with Crippen LogP contribution in [0.2, 0.25) is 0 Å². The highest BCUT2D eigenvalue weighted by Gasteiger charge is 2.21. The second kappa shape index (κ2) is 7.34. The van der Waals surface area contributed by atoms with Gasteiger partial charge in [0.15, 0.2) is 5.82 Å². The molecule has 0 aliphatic carbocycles. The molecule has 0 bridgehead atoms. The van der Waals surface area contributed by atoms with Crippen molar-refractivity contribution >= 4 is 0 Å². The summed E-state index contributed by atoms with van der Waals surface area (Å²) >= 11 is 0. The zero-order chi connectivity index (χ0) is 18.8. The van der Waals surface area contributed by atoms with Gasteiger partial charge in [-0.2, -0.15) is 0 Å². The van der Waals surface area contributed by atoms with E-state index in [4.69, 9.17) is 0 Å². The minimum Gasteiger partial charge on any atom is -0.506 e. The maximum absolute atomic E-state index is 10.4. The molecule has 3 aromatic heterocycles. The standard InChI is InChI=1S/C19H20N6O2/c1-12-18(27)16(15(10-26)7-22-12)9-25-3-2-17-14(8-25)6-23-19(24-17)13-4-20-11-21-5-13/h4-7,11,26-27H,2-3,8-10H2,1H3. The molecule has 0 aromatic carbocycles. The summed E-state index contributed by atoms with van der Waals surface area (Å²) in [6.45, 7) is 3.65. The predicted octanol–water partition coefficient (Wildman–Crippen LogP) is 1.39. The summed E-state index contributed by atoms with van der Waals surface area (Å²) in [5.41, 5.74) is 4.84. The van der Waals surface area contributed by atoms with Crippen LogP contribution in [0.4, 0.5) is 0 Å². The number of nitrogens with zero attached hydrogens (tertiary/aromatic N) is 6. The molecule has 0 atom stereocenters. The number of aliphatic hydroxyl groups excluding tert-OH is 1. The molecule has 27 heavy (non-hydrogen) atoms. The molecule has 0 saturated heterocycles. The fourth-order valence-electron chi connectivity index (χ4n) is 3.28. The molecule has 0 amide bonds. The van der Waals surface area contributed by atoms with Crippen molar-refractivity contribution in [1.82, 2.24) is 29.8 Å². The topological polar surface area (TPSA) is 108 Å². The van der Waals surface area contributed by atoms with Crippen LogP contribution in [-0.4, -0.2) is 46.6 Å². The summed E-state index contributed by atoms with van der Waals surface area (Å²) in [4.78, 5) is 23.5. The van der Waals surface area contributed by atoms with Crippen molar-refractivity contribution in [3.05, 3.63) is 59.2 Å². The SMILES string of the molecule is Cc1ncc(CO)c(CN2CCc3nc(-c4cncnc4)ncc3C2)c1O. The molecular formula is C19H20N6O2. The summed E-state index contributed by atoms with van der Waals surface area (Å²) in [6, 6.07) is 0. The van der Waals surface area contributed by atoms with E-state index in [1.54, 1.807) is 25.5 Å². The van der Waals surface area contributed by atoms with Gasteiger partial charge < -0.3 is 10.2 Å². The maximum atomic E-state index is 10.4. The summed E-state index contributed by atoms with van der Waals surface area (Å²) in [7, 11) is 0. The number of pyridine rings is 1. The number of aromatic nitrogens is 5. The first-order valence-corrected chi connectivity index (χ1v) is 8.75. The largest absolute Gasteiger partial charge is 0.506 e. The number of aryl methyl sites for hydroxylation is 1. The third kappa shape index (κ3) is 3.49. The molecule has 4 heterocycles. The van der Waals surface area contributed by atoms with Crippen molar-refractivity contribution in [3.8, 4) is 17.1 Å². The molecule has 1 aliphatic heterocycles. The van der Waals surface area contributed by atoms with Crippen LogP contribution < -0.4 is 0 Å². The number of hydrogen-bond acceptors (Lipinski definition) is 8. The molecule has 8 nitrogen and oxygen atoms in total. The van der Waals surface area contributed by atoms with Crippen LogP contribution in [0.25, 0.3) is 11.4 Å². The Morgan fingerprint density at radius 1 is 1.11 bits per heavy atom. The lowest BCUT2D eigenvalue weighted by Crippen LogP contribution is -2.31. The first-order chi connectivity index (χ1) is 13.2. The Labute approximate surface area is 156 Å². The van der Waals surface area contributed by atoms with Crippen LogP contribution in [0.5, 0.6) is 5.75 Å². The Morgan fingerprint density at radius 2 is 1.93 bits per heavy atom. The molecule has 4 rings (SSSR count). The van der Waals surface area contributed by atoms with Crippen LogP contribution >= 0.6 is 0 Å². The lowest BCUT2D eigenvalue weighted by molar-refractivity contribution is 0.232. The highest BCUT2D eigenvalue weighted by atomic mass is 16.3. The molecule has 2 N–H and O–H groups in total. The zero-order valence-electron chi connectivity index (χ0n) is 15.0. The Bertz CT molecular complexity index is 964. The van der Waals surface area contributed by atoms with Gasteiger partial charge in [0.25, 0.3) is 0 Å². The van der Waals surface area contributed by atoms with Gasteiger partial charge >= 0.3 is 0 Å². The van der Waals surface area contributed by atoms with Crippen molar-refractivity contribution in [2.24, 2.45) is 0 Å². The molecule has 0 radical (unpaired) electrons. The van der Waals surface area contributed by atoms with E-state index in [2.05, 4.69) is 29.8 Å². The van der Waals surface area contributed by atoms with Crippen molar-refractivity contribution < 1.29 is 10.2 Å². The van der Waals surface area contributed by atoms with Gasteiger partial charge in [0.05, 0.1) is 23.6 Å². The van der Waals surface area contributed by atoms with Gasteiger partial charge in [0, 0.05) is 67.5 Å². The Morgan fingerprint density at radius 3 is 2.70 bits per heavy atom. The van der Waals surface area contributed by atoms with Crippen molar-refractivity contribution in [1.29, 1.82) is 0 Å².